The highest BCUT2D eigenvalue weighted by atomic mass is 19.1. The summed E-state index contributed by atoms with van der Waals surface area (Å²) in [4.78, 5) is 37.0. The highest BCUT2D eigenvalue weighted by Crippen LogP contribution is 2.39. The predicted octanol–water partition coefficient (Wildman–Crippen LogP) is 5.46. The first-order chi connectivity index (χ1) is 21.3. The summed E-state index contributed by atoms with van der Waals surface area (Å²) in [6.45, 7) is 5.27. The van der Waals surface area contributed by atoms with Crippen molar-refractivity contribution in [3.05, 3.63) is 107 Å². The number of nitrogens with zero attached hydrogens (tertiary/aromatic N) is 3. The van der Waals surface area contributed by atoms with Crippen LogP contribution in [-0.4, -0.2) is 52.4 Å². The minimum atomic E-state index is -0.516. The van der Waals surface area contributed by atoms with Crippen LogP contribution in [0.4, 0.5) is 10.3 Å². The number of amides is 2. The van der Waals surface area contributed by atoms with Gasteiger partial charge in [0.25, 0.3) is 5.91 Å². The number of rotatable bonds is 3. The van der Waals surface area contributed by atoms with E-state index in [4.69, 9.17) is 9.47 Å². The van der Waals surface area contributed by atoms with Crippen molar-refractivity contribution < 1.29 is 23.5 Å². The average molecular weight is 596 g/mol. The van der Waals surface area contributed by atoms with Gasteiger partial charge in [-0.05, 0) is 85.3 Å². The maximum absolute atomic E-state index is 14.8. The molecule has 9 nitrogen and oxygen atoms in total. The third kappa shape index (κ3) is 6.49. The van der Waals surface area contributed by atoms with Crippen LogP contribution in [0.25, 0.3) is 0 Å². The predicted molar refractivity (Wildman–Crippen MR) is 164 cm³/mol. The molecule has 2 amide bonds. The van der Waals surface area contributed by atoms with Crippen molar-refractivity contribution in [1.82, 2.24) is 20.2 Å². The van der Waals surface area contributed by atoms with Crippen LogP contribution in [-0.2, 0) is 17.6 Å². The maximum Gasteiger partial charge on any atom is 0.257 e. The standard InChI is InChI=1S/C34H34FN5O4/c1-21(2)39-34-37-19-25(20-38-34)33(42)40-13-11-23-17-27-8-9-28(23)32(40)24-5-3-6-26(18-24)43-14-4-12-36-31(41)16-22-7-10-29(35)30(15-22)44-27/h3,5-10,15,17-21,32H,4,11-14,16H2,1-2H3,(H,36,41)(H,37,38,39). The van der Waals surface area contributed by atoms with Crippen LogP contribution in [0.3, 0.4) is 0 Å². The first-order valence-electron chi connectivity index (χ1n) is 14.8. The van der Waals surface area contributed by atoms with E-state index in [1.54, 1.807) is 30.6 Å². The van der Waals surface area contributed by atoms with Gasteiger partial charge in [0, 0.05) is 31.5 Å². The third-order valence-electron chi connectivity index (χ3n) is 7.59. The van der Waals surface area contributed by atoms with E-state index in [9.17, 15) is 14.0 Å². The highest BCUT2D eigenvalue weighted by Gasteiger charge is 2.33. The van der Waals surface area contributed by atoms with Gasteiger partial charge < -0.3 is 25.0 Å². The average Bonchev–Trinajstić information content (AvgIpc) is 3.01. The fourth-order valence-corrected chi connectivity index (χ4v) is 5.56. The topological polar surface area (TPSA) is 106 Å². The summed E-state index contributed by atoms with van der Waals surface area (Å²) in [6, 6.07) is 17.5. The van der Waals surface area contributed by atoms with Crippen molar-refractivity contribution in [2.45, 2.75) is 45.2 Å². The molecule has 1 unspecified atom stereocenters. The molecule has 0 saturated heterocycles. The lowest BCUT2D eigenvalue weighted by molar-refractivity contribution is -0.120. The van der Waals surface area contributed by atoms with Crippen LogP contribution in [0.15, 0.2) is 73.1 Å². The second-order valence-electron chi connectivity index (χ2n) is 11.3. The molecule has 3 aliphatic heterocycles. The van der Waals surface area contributed by atoms with Gasteiger partial charge in [0.2, 0.25) is 11.9 Å². The fourth-order valence-electron chi connectivity index (χ4n) is 5.56. The summed E-state index contributed by atoms with van der Waals surface area (Å²) < 4.78 is 26.8. The zero-order chi connectivity index (χ0) is 30.6. The second-order valence-corrected chi connectivity index (χ2v) is 11.3. The summed E-state index contributed by atoms with van der Waals surface area (Å²) >= 11 is 0. The molecule has 226 valence electrons. The summed E-state index contributed by atoms with van der Waals surface area (Å²) in [5.74, 6) is 0.795. The molecule has 2 N–H and O–H groups in total. The lowest BCUT2D eigenvalue weighted by atomic mass is 9.87. The molecule has 0 fully saturated rings. The number of hydrogen-bond donors (Lipinski definition) is 2. The van der Waals surface area contributed by atoms with Crippen molar-refractivity contribution in [1.29, 1.82) is 0 Å². The Morgan fingerprint density at radius 1 is 1.07 bits per heavy atom. The highest BCUT2D eigenvalue weighted by molar-refractivity contribution is 5.94. The molecule has 1 atom stereocenters. The fraction of sp³-hybridized carbons (Fsp3) is 0.294. The minimum absolute atomic E-state index is 0.0498. The van der Waals surface area contributed by atoms with Crippen LogP contribution >= 0.6 is 0 Å². The molecule has 0 saturated carbocycles. The third-order valence-corrected chi connectivity index (χ3v) is 7.59. The number of fused-ring (bicyclic) bond motifs is 7. The van der Waals surface area contributed by atoms with E-state index >= 15 is 0 Å². The molecule has 3 aliphatic rings. The zero-order valence-electron chi connectivity index (χ0n) is 24.7. The van der Waals surface area contributed by atoms with Crippen LogP contribution in [0.5, 0.6) is 17.2 Å². The number of hydrogen-bond acceptors (Lipinski definition) is 7. The summed E-state index contributed by atoms with van der Waals surface area (Å²) in [7, 11) is 0. The monoisotopic (exact) mass is 595 g/mol. The minimum Gasteiger partial charge on any atom is -0.494 e. The summed E-state index contributed by atoms with van der Waals surface area (Å²) in [6.07, 6.45) is 4.39. The molecule has 1 aromatic heterocycles. The Morgan fingerprint density at radius 3 is 2.73 bits per heavy atom. The number of nitrogens with one attached hydrogen (secondary N) is 2. The Morgan fingerprint density at radius 2 is 1.91 bits per heavy atom. The lowest BCUT2D eigenvalue weighted by Crippen LogP contribution is -2.40. The van der Waals surface area contributed by atoms with Gasteiger partial charge in [-0.2, -0.15) is 0 Å². The van der Waals surface area contributed by atoms with Crippen molar-refractivity contribution in [2.24, 2.45) is 0 Å². The Hall–Kier alpha value is -4.99. The van der Waals surface area contributed by atoms with Gasteiger partial charge >= 0.3 is 0 Å². The van der Waals surface area contributed by atoms with Crippen molar-refractivity contribution >= 4 is 17.8 Å². The Kier molecular flexibility index (Phi) is 8.40. The zero-order valence-corrected chi connectivity index (χ0v) is 24.7. The number of halogens is 1. The lowest BCUT2D eigenvalue weighted by Gasteiger charge is -2.38. The van der Waals surface area contributed by atoms with Gasteiger partial charge in [0.05, 0.1) is 24.6 Å². The van der Waals surface area contributed by atoms with Crippen LogP contribution in [0, 0.1) is 5.82 Å². The number of benzene rings is 3. The van der Waals surface area contributed by atoms with E-state index < -0.39 is 11.9 Å². The Balaban J connectivity index is 1.38. The van der Waals surface area contributed by atoms with E-state index in [1.807, 2.05) is 55.1 Å². The Bertz CT molecular complexity index is 1680. The molecule has 4 heterocycles. The van der Waals surface area contributed by atoms with E-state index in [-0.39, 0.29) is 30.0 Å². The largest absolute Gasteiger partial charge is 0.494 e. The van der Waals surface area contributed by atoms with Crippen molar-refractivity contribution in [3.63, 3.8) is 0 Å². The number of aromatic nitrogens is 2. The van der Waals surface area contributed by atoms with E-state index in [2.05, 4.69) is 20.6 Å². The summed E-state index contributed by atoms with van der Waals surface area (Å²) in [5, 5.41) is 6.04. The molecule has 3 aromatic carbocycles. The van der Waals surface area contributed by atoms with Crippen LogP contribution in [0.2, 0.25) is 0 Å². The van der Waals surface area contributed by atoms with E-state index in [0.29, 0.717) is 61.1 Å². The molecule has 0 aliphatic carbocycles. The van der Waals surface area contributed by atoms with Gasteiger partial charge in [-0.25, -0.2) is 14.4 Å². The number of ether oxygens (including phenoxy) is 2. The quantitative estimate of drug-likeness (QED) is 0.324. The van der Waals surface area contributed by atoms with E-state index in [0.717, 1.165) is 16.7 Å². The normalized spacial score (nSPS) is 16.6. The SMILES string of the molecule is CC(C)Nc1ncc(C(=O)N2CCc3cc4ccc3C2c2cccc(c2)OCCCNC(=O)Cc2ccc(F)c(c2)O4)cn1. The van der Waals surface area contributed by atoms with Crippen molar-refractivity contribution in [3.8, 4) is 17.2 Å². The van der Waals surface area contributed by atoms with Crippen LogP contribution < -0.4 is 20.1 Å². The Labute approximate surface area is 255 Å². The van der Waals surface area contributed by atoms with Gasteiger partial charge in [0.15, 0.2) is 11.6 Å². The first-order valence-corrected chi connectivity index (χ1v) is 14.8. The number of anilines is 1. The molecule has 0 radical (unpaired) electrons. The number of carbonyl (C=O) groups is 2. The molecular formula is C34H34FN5O4. The molecule has 7 rings (SSSR count). The van der Waals surface area contributed by atoms with Crippen LogP contribution in [0.1, 0.15) is 58.9 Å². The van der Waals surface area contributed by atoms with Gasteiger partial charge in [-0.1, -0.05) is 24.3 Å². The molecule has 0 spiro atoms. The first kappa shape index (κ1) is 29.1. The maximum atomic E-state index is 14.8. The molecule has 8 bridgehead atoms. The molecule has 44 heavy (non-hydrogen) atoms. The molecule has 10 heteroatoms. The second kappa shape index (κ2) is 12.7. The smallest absolute Gasteiger partial charge is 0.257 e. The molecular weight excluding hydrogens is 561 g/mol. The summed E-state index contributed by atoms with van der Waals surface area (Å²) in [5.41, 5.74) is 3.85. The van der Waals surface area contributed by atoms with Gasteiger partial charge in [-0.3, -0.25) is 9.59 Å². The van der Waals surface area contributed by atoms with E-state index in [1.165, 1.54) is 6.07 Å². The van der Waals surface area contributed by atoms with Gasteiger partial charge in [-0.15, -0.1) is 0 Å². The number of carbonyl (C=O) groups excluding carboxylic acids is 2. The molecule has 4 aromatic rings. The van der Waals surface area contributed by atoms with Gasteiger partial charge in [0.1, 0.15) is 11.5 Å². The van der Waals surface area contributed by atoms with Crippen molar-refractivity contribution in [2.75, 3.05) is 25.0 Å².